The second-order valence-corrected chi connectivity index (χ2v) is 4.93. The van der Waals surface area contributed by atoms with Crippen molar-refractivity contribution in [3.8, 4) is 0 Å². The zero-order chi connectivity index (χ0) is 10.8. The second kappa shape index (κ2) is 4.54. The molecule has 1 aromatic carbocycles. The molecule has 2 rings (SSSR count). The number of hydrogen-bond acceptors (Lipinski definition) is 1. The van der Waals surface area contributed by atoms with Crippen molar-refractivity contribution in [3.05, 3.63) is 34.3 Å². The molecule has 0 fully saturated rings. The van der Waals surface area contributed by atoms with Crippen molar-refractivity contribution < 1.29 is 0 Å². The molecular formula is C13H18ClN. The summed E-state index contributed by atoms with van der Waals surface area (Å²) in [5.74, 6) is 0.751. The Kier molecular flexibility index (Phi) is 3.32. The van der Waals surface area contributed by atoms with E-state index in [4.69, 9.17) is 11.6 Å². The van der Waals surface area contributed by atoms with Crippen molar-refractivity contribution >= 4 is 11.6 Å². The Bertz CT molecular complexity index is 348. The summed E-state index contributed by atoms with van der Waals surface area (Å²) < 4.78 is 0. The lowest BCUT2D eigenvalue weighted by Gasteiger charge is -2.29. The maximum Gasteiger partial charge on any atom is 0.0408 e. The normalized spacial score (nSPS) is 22.2. The van der Waals surface area contributed by atoms with E-state index >= 15 is 0 Å². The molecule has 2 heteroatoms. The SMILES string of the molecule is CNC(C)C1CCc2ccc(Cl)cc2C1. The zero-order valence-electron chi connectivity index (χ0n) is 9.39. The molecule has 0 radical (unpaired) electrons. The van der Waals surface area contributed by atoms with Crippen LogP contribution in [-0.4, -0.2) is 13.1 Å². The van der Waals surface area contributed by atoms with E-state index in [9.17, 15) is 0 Å². The molecule has 0 amide bonds. The standard InChI is InChI=1S/C13H18ClN/c1-9(15-2)11-4-3-10-5-6-13(14)8-12(10)7-11/h5-6,8-9,11,15H,3-4,7H2,1-2H3. The lowest BCUT2D eigenvalue weighted by molar-refractivity contribution is 0.354. The van der Waals surface area contributed by atoms with Crippen LogP contribution in [0.3, 0.4) is 0 Å². The average Bonchev–Trinajstić information content (AvgIpc) is 2.27. The van der Waals surface area contributed by atoms with Gasteiger partial charge in [-0.2, -0.15) is 0 Å². The Morgan fingerprint density at radius 1 is 1.40 bits per heavy atom. The van der Waals surface area contributed by atoms with Crippen LogP contribution in [0.1, 0.15) is 24.5 Å². The number of nitrogens with one attached hydrogen (secondary N) is 1. The van der Waals surface area contributed by atoms with Gasteiger partial charge in [-0.3, -0.25) is 0 Å². The lowest BCUT2D eigenvalue weighted by atomic mass is 9.80. The zero-order valence-corrected chi connectivity index (χ0v) is 10.1. The lowest BCUT2D eigenvalue weighted by Crippen LogP contribution is -2.34. The molecule has 1 aliphatic carbocycles. The molecule has 0 aromatic heterocycles. The topological polar surface area (TPSA) is 12.0 Å². The van der Waals surface area contributed by atoms with Gasteiger partial charge in [-0.05, 0) is 62.4 Å². The number of halogens is 1. The monoisotopic (exact) mass is 223 g/mol. The van der Waals surface area contributed by atoms with Crippen molar-refractivity contribution in [3.63, 3.8) is 0 Å². The van der Waals surface area contributed by atoms with Crippen LogP contribution in [0.5, 0.6) is 0 Å². The van der Waals surface area contributed by atoms with Gasteiger partial charge in [0.1, 0.15) is 0 Å². The Hall–Kier alpha value is -0.530. The highest BCUT2D eigenvalue weighted by Crippen LogP contribution is 2.29. The van der Waals surface area contributed by atoms with Gasteiger partial charge in [0.25, 0.3) is 0 Å². The third kappa shape index (κ3) is 2.35. The first kappa shape index (κ1) is 11.0. The van der Waals surface area contributed by atoms with Crippen molar-refractivity contribution in [2.75, 3.05) is 7.05 Å². The molecule has 2 unspecified atom stereocenters. The maximum atomic E-state index is 6.02. The quantitative estimate of drug-likeness (QED) is 0.813. The smallest absolute Gasteiger partial charge is 0.0408 e. The number of aryl methyl sites for hydroxylation is 1. The van der Waals surface area contributed by atoms with Gasteiger partial charge in [-0.1, -0.05) is 17.7 Å². The Morgan fingerprint density at radius 3 is 2.93 bits per heavy atom. The first-order valence-electron chi connectivity index (χ1n) is 5.65. The molecule has 1 aromatic rings. The molecule has 0 aliphatic heterocycles. The van der Waals surface area contributed by atoms with Gasteiger partial charge in [0, 0.05) is 11.1 Å². The van der Waals surface area contributed by atoms with Crippen LogP contribution in [-0.2, 0) is 12.8 Å². The molecule has 1 aliphatic rings. The highest BCUT2D eigenvalue weighted by molar-refractivity contribution is 6.30. The van der Waals surface area contributed by atoms with E-state index in [0.29, 0.717) is 6.04 Å². The molecular weight excluding hydrogens is 206 g/mol. The summed E-state index contributed by atoms with van der Waals surface area (Å²) in [5, 5.41) is 4.21. The van der Waals surface area contributed by atoms with Crippen molar-refractivity contribution in [1.29, 1.82) is 0 Å². The van der Waals surface area contributed by atoms with Crippen LogP contribution in [0.25, 0.3) is 0 Å². The Morgan fingerprint density at radius 2 is 2.20 bits per heavy atom. The molecule has 1 N–H and O–H groups in total. The first-order valence-corrected chi connectivity index (χ1v) is 6.03. The Balaban J connectivity index is 2.18. The van der Waals surface area contributed by atoms with Crippen LogP contribution in [0.4, 0.5) is 0 Å². The molecule has 15 heavy (non-hydrogen) atoms. The predicted molar refractivity (Wildman–Crippen MR) is 65.5 cm³/mol. The van der Waals surface area contributed by atoms with Gasteiger partial charge < -0.3 is 5.32 Å². The summed E-state index contributed by atoms with van der Waals surface area (Å²) in [4.78, 5) is 0. The molecule has 0 saturated carbocycles. The Labute approximate surface area is 96.8 Å². The second-order valence-electron chi connectivity index (χ2n) is 4.49. The van der Waals surface area contributed by atoms with Crippen LogP contribution >= 0.6 is 11.6 Å². The van der Waals surface area contributed by atoms with E-state index < -0.39 is 0 Å². The number of hydrogen-bond donors (Lipinski definition) is 1. The minimum absolute atomic E-state index is 0.595. The van der Waals surface area contributed by atoms with E-state index in [-0.39, 0.29) is 0 Å². The van der Waals surface area contributed by atoms with E-state index in [0.717, 1.165) is 17.4 Å². The van der Waals surface area contributed by atoms with Gasteiger partial charge >= 0.3 is 0 Å². The first-order chi connectivity index (χ1) is 7.20. The fraction of sp³-hybridized carbons (Fsp3) is 0.538. The van der Waals surface area contributed by atoms with Crippen molar-refractivity contribution in [1.82, 2.24) is 5.32 Å². The van der Waals surface area contributed by atoms with E-state index in [1.165, 1.54) is 24.0 Å². The summed E-state index contributed by atoms with van der Waals surface area (Å²) in [6, 6.07) is 6.91. The summed E-state index contributed by atoms with van der Waals surface area (Å²) in [6.07, 6.45) is 3.65. The summed E-state index contributed by atoms with van der Waals surface area (Å²) in [5.41, 5.74) is 2.93. The van der Waals surface area contributed by atoms with Crippen LogP contribution < -0.4 is 5.32 Å². The highest BCUT2D eigenvalue weighted by atomic mass is 35.5. The van der Waals surface area contributed by atoms with Crippen molar-refractivity contribution in [2.24, 2.45) is 5.92 Å². The highest BCUT2D eigenvalue weighted by Gasteiger charge is 2.22. The van der Waals surface area contributed by atoms with Gasteiger partial charge in [0.05, 0.1) is 0 Å². The van der Waals surface area contributed by atoms with E-state index in [2.05, 4.69) is 24.4 Å². The number of fused-ring (bicyclic) bond motifs is 1. The van der Waals surface area contributed by atoms with Crippen molar-refractivity contribution in [2.45, 2.75) is 32.2 Å². The van der Waals surface area contributed by atoms with Crippen LogP contribution in [0.2, 0.25) is 5.02 Å². The fourth-order valence-electron chi connectivity index (χ4n) is 2.42. The summed E-state index contributed by atoms with van der Waals surface area (Å²) >= 11 is 6.02. The number of rotatable bonds is 2. The summed E-state index contributed by atoms with van der Waals surface area (Å²) in [7, 11) is 2.04. The van der Waals surface area contributed by atoms with E-state index in [1.54, 1.807) is 0 Å². The summed E-state index contributed by atoms with van der Waals surface area (Å²) in [6.45, 7) is 2.26. The van der Waals surface area contributed by atoms with Gasteiger partial charge in [0.15, 0.2) is 0 Å². The molecule has 2 atom stereocenters. The van der Waals surface area contributed by atoms with E-state index in [1.807, 2.05) is 13.1 Å². The fourth-order valence-corrected chi connectivity index (χ4v) is 2.61. The molecule has 0 spiro atoms. The molecule has 0 saturated heterocycles. The average molecular weight is 224 g/mol. The molecule has 0 bridgehead atoms. The molecule has 0 heterocycles. The largest absolute Gasteiger partial charge is 0.317 e. The van der Waals surface area contributed by atoms with Crippen LogP contribution in [0, 0.1) is 5.92 Å². The maximum absolute atomic E-state index is 6.02. The third-order valence-corrected chi connectivity index (χ3v) is 3.83. The van der Waals surface area contributed by atoms with Gasteiger partial charge in [-0.25, -0.2) is 0 Å². The molecule has 1 nitrogen and oxygen atoms in total. The minimum atomic E-state index is 0.595. The van der Waals surface area contributed by atoms with Gasteiger partial charge in [-0.15, -0.1) is 0 Å². The number of benzene rings is 1. The molecule has 82 valence electrons. The predicted octanol–water partition coefficient (Wildman–Crippen LogP) is 3.05. The van der Waals surface area contributed by atoms with Gasteiger partial charge in [0.2, 0.25) is 0 Å². The third-order valence-electron chi connectivity index (χ3n) is 3.60. The minimum Gasteiger partial charge on any atom is -0.317 e. The van der Waals surface area contributed by atoms with Crippen LogP contribution in [0.15, 0.2) is 18.2 Å².